The van der Waals surface area contributed by atoms with Crippen LogP contribution in [0.15, 0.2) is 34.7 Å². The Kier molecular flexibility index (Phi) is 4.58. The fourth-order valence-electron chi connectivity index (χ4n) is 2.11. The SMILES string of the molecule is Cc1ccc(NC(=O)CC(C)C)cc1-c1ccc(C=O)o1. The summed E-state index contributed by atoms with van der Waals surface area (Å²) >= 11 is 0. The van der Waals surface area contributed by atoms with Gasteiger partial charge in [0.2, 0.25) is 5.91 Å². The fraction of sp³-hybridized carbons (Fsp3) is 0.294. The van der Waals surface area contributed by atoms with E-state index in [0.29, 0.717) is 30.1 Å². The molecule has 1 aromatic carbocycles. The predicted molar refractivity (Wildman–Crippen MR) is 82.4 cm³/mol. The van der Waals surface area contributed by atoms with Crippen molar-refractivity contribution in [2.45, 2.75) is 27.2 Å². The van der Waals surface area contributed by atoms with Crippen molar-refractivity contribution in [3.8, 4) is 11.3 Å². The number of aryl methyl sites for hydroxylation is 1. The van der Waals surface area contributed by atoms with E-state index in [1.54, 1.807) is 12.1 Å². The average Bonchev–Trinajstić information content (AvgIpc) is 2.88. The molecule has 1 aromatic heterocycles. The maximum Gasteiger partial charge on any atom is 0.224 e. The summed E-state index contributed by atoms with van der Waals surface area (Å²) in [5, 5.41) is 2.88. The Morgan fingerprint density at radius 1 is 1.29 bits per heavy atom. The minimum absolute atomic E-state index is 0.00664. The van der Waals surface area contributed by atoms with Gasteiger partial charge in [0.05, 0.1) is 0 Å². The Hall–Kier alpha value is -2.36. The summed E-state index contributed by atoms with van der Waals surface area (Å²) in [6.45, 7) is 5.96. The lowest BCUT2D eigenvalue weighted by Gasteiger charge is -2.10. The summed E-state index contributed by atoms with van der Waals surface area (Å²) in [6, 6.07) is 9.03. The lowest BCUT2D eigenvalue weighted by Crippen LogP contribution is -2.13. The number of nitrogens with one attached hydrogen (secondary N) is 1. The van der Waals surface area contributed by atoms with Crippen molar-refractivity contribution >= 4 is 17.9 Å². The summed E-state index contributed by atoms with van der Waals surface area (Å²) in [5.74, 6) is 1.22. The van der Waals surface area contributed by atoms with Gasteiger partial charge in [-0.05, 0) is 42.7 Å². The topological polar surface area (TPSA) is 59.3 Å². The largest absolute Gasteiger partial charge is 0.453 e. The van der Waals surface area contributed by atoms with Gasteiger partial charge in [-0.1, -0.05) is 19.9 Å². The summed E-state index contributed by atoms with van der Waals surface area (Å²) in [5.41, 5.74) is 2.61. The number of carbonyl (C=O) groups excluding carboxylic acids is 2. The Morgan fingerprint density at radius 2 is 2.05 bits per heavy atom. The molecule has 0 radical (unpaired) electrons. The van der Waals surface area contributed by atoms with E-state index in [1.165, 1.54) is 0 Å². The molecule has 0 aliphatic heterocycles. The molecule has 2 aromatic rings. The van der Waals surface area contributed by atoms with Crippen molar-refractivity contribution in [3.05, 3.63) is 41.7 Å². The van der Waals surface area contributed by atoms with Crippen molar-refractivity contribution in [2.75, 3.05) is 5.32 Å². The maximum absolute atomic E-state index is 11.8. The van der Waals surface area contributed by atoms with E-state index in [0.717, 1.165) is 16.8 Å². The first-order valence-electron chi connectivity index (χ1n) is 6.95. The number of anilines is 1. The first-order valence-corrected chi connectivity index (χ1v) is 6.95. The molecule has 0 aliphatic rings. The molecule has 1 heterocycles. The lowest BCUT2D eigenvalue weighted by atomic mass is 10.1. The molecule has 0 fully saturated rings. The second-order valence-corrected chi connectivity index (χ2v) is 5.50. The molecule has 1 amide bonds. The van der Waals surface area contributed by atoms with Gasteiger partial charge >= 0.3 is 0 Å². The predicted octanol–water partition coefficient (Wildman–Crippen LogP) is 4.05. The molecule has 4 nitrogen and oxygen atoms in total. The molecule has 110 valence electrons. The smallest absolute Gasteiger partial charge is 0.224 e. The van der Waals surface area contributed by atoms with E-state index in [4.69, 9.17) is 4.42 Å². The molecule has 21 heavy (non-hydrogen) atoms. The van der Waals surface area contributed by atoms with E-state index >= 15 is 0 Å². The maximum atomic E-state index is 11.8. The Balaban J connectivity index is 2.24. The van der Waals surface area contributed by atoms with Crippen molar-refractivity contribution in [1.29, 1.82) is 0 Å². The first kappa shape index (κ1) is 15.0. The number of hydrogen-bond donors (Lipinski definition) is 1. The second kappa shape index (κ2) is 6.39. The molecular formula is C17H19NO3. The third kappa shape index (κ3) is 3.81. The monoisotopic (exact) mass is 285 g/mol. The van der Waals surface area contributed by atoms with Gasteiger partial charge in [-0.2, -0.15) is 0 Å². The van der Waals surface area contributed by atoms with Crippen LogP contribution < -0.4 is 5.32 Å². The molecular weight excluding hydrogens is 266 g/mol. The highest BCUT2D eigenvalue weighted by molar-refractivity contribution is 5.91. The van der Waals surface area contributed by atoms with Crippen LogP contribution in [0, 0.1) is 12.8 Å². The van der Waals surface area contributed by atoms with Gasteiger partial charge in [0, 0.05) is 17.7 Å². The first-order chi connectivity index (χ1) is 9.99. The number of carbonyl (C=O) groups is 2. The normalized spacial score (nSPS) is 10.7. The summed E-state index contributed by atoms with van der Waals surface area (Å²) in [7, 11) is 0. The van der Waals surface area contributed by atoms with Crippen molar-refractivity contribution in [1.82, 2.24) is 0 Å². The number of hydrogen-bond acceptors (Lipinski definition) is 3. The number of rotatable bonds is 5. The van der Waals surface area contributed by atoms with Gasteiger partial charge in [0.1, 0.15) is 5.76 Å². The number of aldehydes is 1. The van der Waals surface area contributed by atoms with Gasteiger partial charge in [0.15, 0.2) is 12.0 Å². The van der Waals surface area contributed by atoms with Crippen LogP contribution in [0.25, 0.3) is 11.3 Å². The summed E-state index contributed by atoms with van der Waals surface area (Å²) < 4.78 is 5.44. The molecule has 2 rings (SSSR count). The molecule has 0 saturated carbocycles. The molecule has 0 unspecified atom stereocenters. The highest BCUT2D eigenvalue weighted by atomic mass is 16.3. The minimum atomic E-state index is -0.00664. The molecule has 0 atom stereocenters. The van der Waals surface area contributed by atoms with Gasteiger partial charge in [0.25, 0.3) is 0 Å². The second-order valence-electron chi connectivity index (χ2n) is 5.50. The van der Waals surface area contributed by atoms with Crippen LogP contribution in [-0.4, -0.2) is 12.2 Å². The zero-order chi connectivity index (χ0) is 15.4. The highest BCUT2D eigenvalue weighted by Gasteiger charge is 2.10. The van der Waals surface area contributed by atoms with E-state index in [1.807, 2.05) is 39.0 Å². The number of amides is 1. The van der Waals surface area contributed by atoms with Crippen LogP contribution in [0.3, 0.4) is 0 Å². The van der Waals surface area contributed by atoms with E-state index in [2.05, 4.69) is 5.32 Å². The van der Waals surface area contributed by atoms with Crippen molar-refractivity contribution < 1.29 is 14.0 Å². The van der Waals surface area contributed by atoms with Crippen LogP contribution in [0.1, 0.15) is 36.4 Å². The summed E-state index contributed by atoms with van der Waals surface area (Å²) in [6.07, 6.45) is 1.16. The molecule has 0 spiro atoms. The van der Waals surface area contributed by atoms with E-state index in [9.17, 15) is 9.59 Å². The summed E-state index contributed by atoms with van der Waals surface area (Å²) in [4.78, 5) is 22.5. The Morgan fingerprint density at radius 3 is 2.67 bits per heavy atom. The zero-order valence-electron chi connectivity index (χ0n) is 12.5. The van der Waals surface area contributed by atoms with Gasteiger partial charge in [-0.3, -0.25) is 9.59 Å². The highest BCUT2D eigenvalue weighted by Crippen LogP contribution is 2.28. The van der Waals surface area contributed by atoms with E-state index < -0.39 is 0 Å². The third-order valence-corrected chi connectivity index (χ3v) is 3.12. The molecule has 1 N–H and O–H groups in total. The van der Waals surface area contributed by atoms with Crippen LogP contribution in [-0.2, 0) is 4.79 Å². The molecule has 4 heteroatoms. The van der Waals surface area contributed by atoms with Crippen LogP contribution >= 0.6 is 0 Å². The average molecular weight is 285 g/mol. The minimum Gasteiger partial charge on any atom is -0.453 e. The Labute approximate surface area is 124 Å². The van der Waals surface area contributed by atoms with Crippen molar-refractivity contribution in [3.63, 3.8) is 0 Å². The fourth-order valence-corrected chi connectivity index (χ4v) is 2.11. The number of benzene rings is 1. The lowest BCUT2D eigenvalue weighted by molar-refractivity contribution is -0.116. The van der Waals surface area contributed by atoms with E-state index in [-0.39, 0.29) is 5.91 Å². The molecule has 0 aliphatic carbocycles. The van der Waals surface area contributed by atoms with Crippen LogP contribution in [0.2, 0.25) is 0 Å². The molecule has 0 saturated heterocycles. The number of furan rings is 1. The van der Waals surface area contributed by atoms with Gasteiger partial charge in [-0.15, -0.1) is 0 Å². The van der Waals surface area contributed by atoms with Crippen molar-refractivity contribution in [2.24, 2.45) is 5.92 Å². The quantitative estimate of drug-likeness (QED) is 0.843. The standard InChI is InChI=1S/C17H19NO3/c1-11(2)8-17(20)18-13-5-4-12(3)15(9-13)16-7-6-14(10-19)21-16/h4-7,9-11H,8H2,1-3H3,(H,18,20). The van der Waals surface area contributed by atoms with Gasteiger partial charge < -0.3 is 9.73 Å². The Bertz CT molecular complexity index is 656. The van der Waals surface area contributed by atoms with Crippen LogP contribution in [0.4, 0.5) is 5.69 Å². The van der Waals surface area contributed by atoms with Crippen LogP contribution in [0.5, 0.6) is 0 Å². The molecule has 0 bridgehead atoms. The third-order valence-electron chi connectivity index (χ3n) is 3.12. The van der Waals surface area contributed by atoms with Gasteiger partial charge in [-0.25, -0.2) is 0 Å². The zero-order valence-corrected chi connectivity index (χ0v) is 12.5.